The summed E-state index contributed by atoms with van der Waals surface area (Å²) in [5.74, 6) is 1.03. The van der Waals surface area contributed by atoms with E-state index in [-0.39, 0.29) is 16.7 Å². The van der Waals surface area contributed by atoms with Crippen molar-refractivity contribution in [1.29, 1.82) is 0 Å². The molecule has 7 nitrogen and oxygen atoms in total. The lowest BCUT2D eigenvalue weighted by Gasteiger charge is -2.22. The maximum Gasteiger partial charge on any atom is 0.270 e. The van der Waals surface area contributed by atoms with Crippen LogP contribution in [-0.4, -0.2) is 16.1 Å². The number of nitro benzene ring substituents is 1. The van der Waals surface area contributed by atoms with Gasteiger partial charge in [0.25, 0.3) is 5.69 Å². The molecule has 0 N–H and O–H groups in total. The minimum atomic E-state index is -0.376. The molecule has 7 heteroatoms. The Labute approximate surface area is 230 Å². The molecular weight excluding hydrogens is 490 g/mol. The van der Waals surface area contributed by atoms with Crippen LogP contribution in [0.25, 0.3) is 0 Å². The van der Waals surface area contributed by atoms with Crippen molar-refractivity contribution >= 4 is 5.69 Å². The van der Waals surface area contributed by atoms with Crippen LogP contribution in [0.15, 0.2) is 79.4 Å². The first-order valence-corrected chi connectivity index (χ1v) is 13.5. The molecule has 0 aliphatic rings. The molecule has 0 saturated carbocycles. The van der Waals surface area contributed by atoms with Crippen molar-refractivity contribution < 1.29 is 19.0 Å². The molecule has 1 heterocycles. The highest BCUT2D eigenvalue weighted by molar-refractivity contribution is 5.43. The molecule has 0 spiro atoms. The molecule has 1 aromatic heterocycles. The Morgan fingerprint density at radius 3 is 2.46 bits per heavy atom. The summed E-state index contributed by atoms with van der Waals surface area (Å²) in [6.07, 6.45) is 5.85. The number of hydrogen-bond acceptors (Lipinski definition) is 4. The van der Waals surface area contributed by atoms with Gasteiger partial charge < -0.3 is 9.47 Å². The zero-order valence-corrected chi connectivity index (χ0v) is 23.5. The summed E-state index contributed by atoms with van der Waals surface area (Å²) in [6.45, 7) is 12.7. The molecule has 0 saturated heterocycles. The number of nitrogens with zero attached hydrogens (tertiary/aromatic N) is 3. The Morgan fingerprint density at radius 1 is 1.00 bits per heavy atom. The smallest absolute Gasteiger partial charge is 0.270 e. The van der Waals surface area contributed by atoms with Gasteiger partial charge in [-0.25, -0.2) is 9.13 Å². The van der Waals surface area contributed by atoms with Gasteiger partial charge in [-0.1, -0.05) is 56.3 Å². The summed E-state index contributed by atoms with van der Waals surface area (Å²) in [7, 11) is 0. The molecule has 4 rings (SSSR count). The van der Waals surface area contributed by atoms with Crippen LogP contribution in [0.2, 0.25) is 0 Å². The Bertz CT molecular complexity index is 1430. The van der Waals surface area contributed by atoms with Crippen molar-refractivity contribution in [2.24, 2.45) is 0 Å². The maximum atomic E-state index is 11.3. The number of aromatic nitrogens is 2. The molecule has 3 aromatic carbocycles. The summed E-state index contributed by atoms with van der Waals surface area (Å²) < 4.78 is 16.5. The van der Waals surface area contributed by atoms with E-state index in [1.165, 1.54) is 28.3 Å². The first-order chi connectivity index (χ1) is 18.7. The molecule has 1 unspecified atom stereocenters. The fourth-order valence-electron chi connectivity index (χ4n) is 4.79. The van der Waals surface area contributed by atoms with Crippen LogP contribution in [0.5, 0.6) is 5.75 Å². The number of nitro groups is 1. The van der Waals surface area contributed by atoms with E-state index in [9.17, 15) is 10.1 Å². The van der Waals surface area contributed by atoms with Crippen molar-refractivity contribution in [2.45, 2.75) is 66.3 Å². The highest BCUT2D eigenvalue weighted by Crippen LogP contribution is 2.30. The van der Waals surface area contributed by atoms with Crippen molar-refractivity contribution in [2.75, 3.05) is 6.61 Å². The second-order valence-corrected chi connectivity index (χ2v) is 10.3. The van der Waals surface area contributed by atoms with E-state index in [4.69, 9.17) is 9.47 Å². The van der Waals surface area contributed by atoms with Gasteiger partial charge in [-0.05, 0) is 60.6 Å². The van der Waals surface area contributed by atoms with Crippen molar-refractivity contribution in [3.05, 3.63) is 123 Å². The summed E-state index contributed by atoms with van der Waals surface area (Å²) in [5, 5.41) is 11.3. The van der Waals surface area contributed by atoms with Crippen LogP contribution >= 0.6 is 0 Å². The van der Waals surface area contributed by atoms with E-state index < -0.39 is 0 Å². The number of rotatable bonds is 12. The van der Waals surface area contributed by atoms with Gasteiger partial charge in [0.2, 0.25) is 6.33 Å². The van der Waals surface area contributed by atoms with Crippen LogP contribution in [0, 0.1) is 24.0 Å². The van der Waals surface area contributed by atoms with E-state index in [0.717, 1.165) is 11.1 Å². The lowest BCUT2D eigenvalue weighted by molar-refractivity contribution is -0.688. The van der Waals surface area contributed by atoms with Crippen LogP contribution < -0.4 is 9.30 Å². The molecule has 0 radical (unpaired) electrons. The topological polar surface area (TPSA) is 70.4 Å². The monoisotopic (exact) mass is 528 g/mol. The lowest BCUT2D eigenvalue weighted by atomic mass is 9.94. The van der Waals surface area contributed by atoms with E-state index in [1.54, 1.807) is 12.1 Å². The molecule has 0 aliphatic carbocycles. The van der Waals surface area contributed by atoms with Gasteiger partial charge in [0, 0.05) is 17.7 Å². The maximum absolute atomic E-state index is 11.3. The van der Waals surface area contributed by atoms with E-state index in [0.29, 0.717) is 38.0 Å². The quantitative estimate of drug-likeness (QED) is 0.115. The number of aryl methyl sites for hydroxylation is 2. The molecule has 0 fully saturated rings. The highest BCUT2D eigenvalue weighted by atomic mass is 16.6. The van der Waals surface area contributed by atoms with Gasteiger partial charge in [0.15, 0.2) is 0 Å². The molecule has 0 amide bonds. The lowest BCUT2D eigenvalue weighted by Crippen LogP contribution is -2.32. The summed E-state index contributed by atoms with van der Waals surface area (Å²) in [5.41, 5.74) is 6.97. The summed E-state index contributed by atoms with van der Waals surface area (Å²) >= 11 is 0. The number of non-ortho nitro benzene ring substituents is 1. The first kappa shape index (κ1) is 28.0. The first-order valence-electron chi connectivity index (χ1n) is 13.5. The van der Waals surface area contributed by atoms with Gasteiger partial charge in [-0.15, -0.1) is 0 Å². The minimum absolute atomic E-state index is 0.0542. The van der Waals surface area contributed by atoms with Crippen LogP contribution in [0.4, 0.5) is 5.69 Å². The molecule has 4 aromatic rings. The third kappa shape index (κ3) is 7.12. The van der Waals surface area contributed by atoms with Crippen molar-refractivity contribution in [3.8, 4) is 5.75 Å². The molecule has 0 aliphatic heterocycles. The average molecular weight is 529 g/mol. The zero-order valence-electron chi connectivity index (χ0n) is 23.5. The molecular formula is C32H38N3O4+. The van der Waals surface area contributed by atoms with Gasteiger partial charge in [0.1, 0.15) is 37.3 Å². The zero-order chi connectivity index (χ0) is 27.9. The number of benzene rings is 3. The molecule has 0 bridgehead atoms. The predicted octanol–water partition coefficient (Wildman–Crippen LogP) is 6.83. The highest BCUT2D eigenvalue weighted by Gasteiger charge is 2.22. The third-order valence-electron chi connectivity index (χ3n) is 7.02. The predicted molar refractivity (Wildman–Crippen MR) is 152 cm³/mol. The second-order valence-electron chi connectivity index (χ2n) is 10.3. The van der Waals surface area contributed by atoms with Crippen molar-refractivity contribution in [1.82, 2.24) is 4.57 Å². The Kier molecular flexibility index (Phi) is 9.15. The standard InChI is InChI=1S/C32H38N3O4/c1-6-38-31-14-13-28(35(36)37)18-27(31)19-33-15-16-34(22-33)20-32(30-10-8-7-9-29(30)23(2)3)39-21-26-12-11-24(4)25(5)17-26/h7-18,22-23,32H,6,19-21H2,1-5H3/q+1. The largest absolute Gasteiger partial charge is 0.493 e. The van der Waals surface area contributed by atoms with Gasteiger partial charge in [0.05, 0.1) is 18.1 Å². The Morgan fingerprint density at radius 2 is 1.77 bits per heavy atom. The molecule has 1 atom stereocenters. The van der Waals surface area contributed by atoms with Crippen LogP contribution in [0.3, 0.4) is 0 Å². The molecule has 204 valence electrons. The number of hydrogen-bond donors (Lipinski definition) is 0. The van der Waals surface area contributed by atoms with Gasteiger partial charge in [-0.3, -0.25) is 10.1 Å². The fraction of sp³-hybridized carbons (Fsp3) is 0.344. The summed E-state index contributed by atoms with van der Waals surface area (Å²) in [4.78, 5) is 11.0. The van der Waals surface area contributed by atoms with E-state index >= 15 is 0 Å². The second kappa shape index (κ2) is 12.7. The van der Waals surface area contributed by atoms with Gasteiger partial charge in [-0.2, -0.15) is 0 Å². The minimum Gasteiger partial charge on any atom is -0.493 e. The Hall–Kier alpha value is -3.97. The summed E-state index contributed by atoms with van der Waals surface area (Å²) in [6, 6.07) is 19.7. The average Bonchev–Trinajstić information content (AvgIpc) is 3.36. The normalized spacial score (nSPS) is 12.1. The molecule has 39 heavy (non-hydrogen) atoms. The van der Waals surface area contributed by atoms with Crippen molar-refractivity contribution in [3.63, 3.8) is 0 Å². The fourth-order valence-corrected chi connectivity index (χ4v) is 4.79. The van der Waals surface area contributed by atoms with Crippen LogP contribution in [0.1, 0.15) is 66.2 Å². The number of imidazole rings is 1. The van der Waals surface area contributed by atoms with Gasteiger partial charge >= 0.3 is 0 Å². The van der Waals surface area contributed by atoms with E-state index in [1.807, 2.05) is 30.2 Å². The Balaban J connectivity index is 1.58. The third-order valence-corrected chi connectivity index (χ3v) is 7.02. The SMILES string of the molecule is CCOc1ccc([N+](=O)[O-])cc1C[n+]1ccn(CC(OCc2ccc(C)c(C)c2)c2ccccc2C(C)C)c1. The van der Waals surface area contributed by atoms with Crippen LogP contribution in [-0.2, 0) is 24.4 Å². The number of ether oxygens (including phenoxy) is 2. The van der Waals surface area contributed by atoms with E-state index in [2.05, 4.69) is 74.7 Å².